The average Bonchev–Trinajstić information content (AvgIpc) is 3.12. The molecule has 2 aromatic rings. The summed E-state index contributed by atoms with van der Waals surface area (Å²) < 4.78 is 29.9. The van der Waals surface area contributed by atoms with Gasteiger partial charge in [0.1, 0.15) is 5.75 Å². The Labute approximate surface area is 138 Å². The molecule has 0 radical (unpaired) electrons. The van der Waals surface area contributed by atoms with E-state index in [4.69, 9.17) is 4.52 Å². The van der Waals surface area contributed by atoms with Crippen molar-refractivity contribution in [2.75, 3.05) is 5.75 Å². The highest BCUT2D eigenvalue weighted by molar-refractivity contribution is 9.10. The summed E-state index contributed by atoms with van der Waals surface area (Å²) in [5, 5.41) is 3.81. The second kappa shape index (κ2) is 6.12. The Hall–Kier alpha value is -1.21. The summed E-state index contributed by atoms with van der Waals surface area (Å²) in [7, 11) is -3.14. The molecule has 0 spiro atoms. The van der Waals surface area contributed by atoms with Gasteiger partial charge in [-0.3, -0.25) is 0 Å². The van der Waals surface area contributed by atoms with Crippen molar-refractivity contribution in [2.45, 2.75) is 37.4 Å². The minimum absolute atomic E-state index is 0.139. The van der Waals surface area contributed by atoms with Gasteiger partial charge in [0.05, 0.1) is 5.75 Å². The van der Waals surface area contributed by atoms with Crippen LogP contribution in [0.5, 0.6) is 0 Å². The Kier molecular flexibility index (Phi) is 4.36. The van der Waals surface area contributed by atoms with Gasteiger partial charge >= 0.3 is 0 Å². The normalized spacial score (nSPS) is 21.0. The third-order valence-electron chi connectivity index (χ3n) is 3.75. The Morgan fingerprint density at radius 2 is 2.00 bits per heavy atom. The van der Waals surface area contributed by atoms with Crippen LogP contribution in [-0.2, 0) is 15.6 Å². The van der Waals surface area contributed by atoms with E-state index in [-0.39, 0.29) is 23.2 Å². The van der Waals surface area contributed by atoms with E-state index < -0.39 is 9.84 Å². The molecule has 1 saturated carbocycles. The highest BCUT2D eigenvalue weighted by Gasteiger charge is 2.43. The lowest BCUT2D eigenvalue weighted by atomic mass is 10.1. The Morgan fingerprint density at radius 3 is 2.68 bits per heavy atom. The molecule has 5 nitrogen and oxygen atoms in total. The lowest BCUT2D eigenvalue weighted by molar-refractivity contribution is 0.374. The van der Waals surface area contributed by atoms with E-state index in [1.165, 1.54) is 5.56 Å². The van der Waals surface area contributed by atoms with Gasteiger partial charge in [0, 0.05) is 10.4 Å². The van der Waals surface area contributed by atoms with Crippen molar-refractivity contribution in [3.05, 3.63) is 46.0 Å². The predicted octanol–water partition coefficient (Wildman–Crippen LogP) is 3.43. The first-order valence-electron chi connectivity index (χ1n) is 7.27. The number of nitrogens with zero attached hydrogens (tertiary/aromatic N) is 2. The molecule has 1 aromatic heterocycles. The largest absolute Gasteiger partial charge is 0.339 e. The van der Waals surface area contributed by atoms with Crippen LogP contribution in [0.1, 0.15) is 48.9 Å². The van der Waals surface area contributed by atoms with Gasteiger partial charge < -0.3 is 4.52 Å². The van der Waals surface area contributed by atoms with Gasteiger partial charge in [-0.05, 0) is 36.5 Å². The van der Waals surface area contributed by atoms with Gasteiger partial charge in [0.25, 0.3) is 0 Å². The molecule has 0 aliphatic heterocycles. The number of sulfone groups is 1. The van der Waals surface area contributed by atoms with E-state index in [1.54, 1.807) is 0 Å². The van der Waals surface area contributed by atoms with Crippen LogP contribution in [-0.4, -0.2) is 24.3 Å². The van der Waals surface area contributed by atoms with Crippen molar-refractivity contribution in [2.24, 2.45) is 0 Å². The SMILES string of the molecule is CCCS(=O)(=O)Cc1noc([C@@H]2C[C@H]2c2ccc(Br)cc2)n1. The molecule has 0 bridgehead atoms. The summed E-state index contributed by atoms with van der Waals surface area (Å²) in [5.74, 6) is 1.42. The molecule has 22 heavy (non-hydrogen) atoms. The van der Waals surface area contributed by atoms with Gasteiger partial charge in [-0.15, -0.1) is 0 Å². The summed E-state index contributed by atoms with van der Waals surface area (Å²) in [4.78, 5) is 4.27. The standard InChI is InChI=1S/C15H17BrN2O3S/c1-2-7-22(19,20)9-14-17-15(21-18-14)13-8-12(13)10-3-5-11(16)6-4-10/h3-6,12-13H,2,7-9H2,1H3/t12-,13+/m0/s1. The molecule has 0 N–H and O–H groups in total. The van der Waals surface area contributed by atoms with Crippen molar-refractivity contribution >= 4 is 25.8 Å². The average molecular weight is 385 g/mol. The van der Waals surface area contributed by atoms with Gasteiger partial charge in [-0.25, -0.2) is 8.42 Å². The molecule has 0 saturated heterocycles. The first kappa shape index (κ1) is 15.7. The molecular weight excluding hydrogens is 368 g/mol. The zero-order chi connectivity index (χ0) is 15.7. The molecule has 1 aliphatic carbocycles. The van der Waals surface area contributed by atoms with Gasteiger partial charge in [0.15, 0.2) is 15.7 Å². The van der Waals surface area contributed by atoms with E-state index in [1.807, 2.05) is 19.1 Å². The minimum atomic E-state index is -3.14. The molecule has 1 aliphatic rings. The van der Waals surface area contributed by atoms with Crippen molar-refractivity contribution in [1.82, 2.24) is 10.1 Å². The summed E-state index contributed by atoms with van der Waals surface area (Å²) in [5.41, 5.74) is 1.24. The number of hydrogen-bond acceptors (Lipinski definition) is 5. The second-order valence-electron chi connectivity index (χ2n) is 5.64. The summed E-state index contributed by atoms with van der Waals surface area (Å²) in [6, 6.07) is 8.19. The van der Waals surface area contributed by atoms with Crippen LogP contribution in [0, 0.1) is 0 Å². The molecule has 1 aromatic carbocycles. The monoisotopic (exact) mass is 384 g/mol. The molecule has 1 heterocycles. The Bertz CT molecular complexity index is 755. The van der Waals surface area contributed by atoms with E-state index >= 15 is 0 Å². The maximum absolute atomic E-state index is 11.8. The number of benzene rings is 1. The first-order chi connectivity index (χ1) is 10.5. The number of hydrogen-bond donors (Lipinski definition) is 0. The summed E-state index contributed by atoms with van der Waals surface area (Å²) in [6.45, 7) is 1.84. The number of halogens is 1. The van der Waals surface area contributed by atoms with Crippen LogP contribution < -0.4 is 0 Å². The number of rotatable bonds is 6. The van der Waals surface area contributed by atoms with Gasteiger partial charge in [0.2, 0.25) is 5.89 Å². The fourth-order valence-electron chi connectivity index (χ4n) is 2.60. The van der Waals surface area contributed by atoms with Crippen LogP contribution in [0.2, 0.25) is 0 Å². The third-order valence-corrected chi connectivity index (χ3v) is 6.01. The fourth-order valence-corrected chi connectivity index (χ4v) is 4.14. The van der Waals surface area contributed by atoms with Crippen LogP contribution in [0.3, 0.4) is 0 Å². The zero-order valence-corrected chi connectivity index (χ0v) is 14.6. The lowest BCUT2D eigenvalue weighted by Crippen LogP contribution is -2.09. The molecule has 0 unspecified atom stereocenters. The maximum atomic E-state index is 11.8. The van der Waals surface area contributed by atoms with Crippen LogP contribution in [0.4, 0.5) is 0 Å². The summed E-state index contributed by atoms with van der Waals surface area (Å²) >= 11 is 3.42. The Morgan fingerprint density at radius 1 is 1.27 bits per heavy atom. The van der Waals surface area contributed by atoms with Gasteiger partial charge in [-0.1, -0.05) is 40.1 Å². The zero-order valence-electron chi connectivity index (χ0n) is 12.2. The third kappa shape index (κ3) is 3.57. The molecule has 1 fully saturated rings. The van der Waals surface area contributed by atoms with Crippen LogP contribution >= 0.6 is 15.9 Å². The smallest absolute Gasteiger partial charge is 0.230 e. The van der Waals surface area contributed by atoms with Crippen molar-refractivity contribution < 1.29 is 12.9 Å². The van der Waals surface area contributed by atoms with Crippen molar-refractivity contribution in [3.8, 4) is 0 Å². The topological polar surface area (TPSA) is 73.1 Å². The minimum Gasteiger partial charge on any atom is -0.339 e. The molecule has 3 rings (SSSR count). The Balaban J connectivity index is 1.67. The highest BCUT2D eigenvalue weighted by atomic mass is 79.9. The first-order valence-corrected chi connectivity index (χ1v) is 9.88. The van der Waals surface area contributed by atoms with Crippen LogP contribution in [0.25, 0.3) is 0 Å². The predicted molar refractivity (Wildman–Crippen MR) is 86.3 cm³/mol. The molecule has 7 heteroatoms. The molecule has 118 valence electrons. The maximum Gasteiger partial charge on any atom is 0.230 e. The quantitative estimate of drug-likeness (QED) is 0.762. The van der Waals surface area contributed by atoms with E-state index in [2.05, 4.69) is 38.2 Å². The summed E-state index contributed by atoms with van der Waals surface area (Å²) in [6.07, 6.45) is 1.56. The van der Waals surface area contributed by atoms with Crippen molar-refractivity contribution in [3.63, 3.8) is 0 Å². The lowest BCUT2D eigenvalue weighted by Gasteiger charge is -1.98. The van der Waals surface area contributed by atoms with Gasteiger partial charge in [-0.2, -0.15) is 4.98 Å². The van der Waals surface area contributed by atoms with E-state index in [0.29, 0.717) is 18.2 Å². The van der Waals surface area contributed by atoms with E-state index in [0.717, 1.165) is 10.9 Å². The van der Waals surface area contributed by atoms with Crippen molar-refractivity contribution in [1.29, 1.82) is 0 Å². The second-order valence-corrected chi connectivity index (χ2v) is 8.74. The fraction of sp³-hybridized carbons (Fsp3) is 0.467. The molecular formula is C15H17BrN2O3S. The molecule has 0 amide bonds. The van der Waals surface area contributed by atoms with Crippen LogP contribution in [0.15, 0.2) is 33.3 Å². The number of aromatic nitrogens is 2. The molecule has 2 atom stereocenters. The van der Waals surface area contributed by atoms with E-state index in [9.17, 15) is 8.42 Å². The highest BCUT2D eigenvalue weighted by Crippen LogP contribution is 2.54.